The van der Waals surface area contributed by atoms with E-state index in [1.165, 1.54) is 37.4 Å². The molecule has 2 rings (SSSR count). The van der Waals surface area contributed by atoms with Gasteiger partial charge in [-0.3, -0.25) is 9.59 Å². The molecule has 1 aromatic carbocycles. The van der Waals surface area contributed by atoms with Crippen LogP contribution in [0.3, 0.4) is 0 Å². The molecule has 6 heteroatoms. The first-order valence-electron chi connectivity index (χ1n) is 5.18. The number of nitrogens with one attached hydrogen (secondary N) is 1. The van der Waals surface area contributed by atoms with Crippen molar-refractivity contribution >= 4 is 11.6 Å². The molecule has 1 N–H and O–H groups in total. The van der Waals surface area contributed by atoms with Crippen LogP contribution in [-0.4, -0.2) is 15.7 Å². The predicted octanol–water partition coefficient (Wildman–Crippen LogP) is 1.17. The summed E-state index contributed by atoms with van der Waals surface area (Å²) in [6, 6.07) is 8.32. The zero-order valence-corrected chi connectivity index (χ0v) is 9.55. The molecule has 1 heterocycles. The Hall–Kier alpha value is -2.50. The second-order valence-corrected chi connectivity index (χ2v) is 3.61. The van der Waals surface area contributed by atoms with Crippen LogP contribution < -0.4 is 10.9 Å². The highest BCUT2D eigenvalue weighted by atomic mass is 19.1. The number of carbonyl (C=O) groups is 1. The van der Waals surface area contributed by atoms with E-state index in [9.17, 15) is 14.0 Å². The van der Waals surface area contributed by atoms with Crippen molar-refractivity contribution in [1.29, 1.82) is 0 Å². The summed E-state index contributed by atoms with van der Waals surface area (Å²) in [5.41, 5.74) is -0.212. The normalized spacial score (nSPS) is 10.1. The van der Waals surface area contributed by atoms with Crippen LogP contribution in [-0.2, 0) is 7.05 Å². The number of rotatable bonds is 2. The molecule has 0 saturated carbocycles. The number of aromatic nitrogens is 2. The predicted molar refractivity (Wildman–Crippen MR) is 63.8 cm³/mol. The first-order valence-corrected chi connectivity index (χ1v) is 5.18. The molecule has 2 aromatic rings. The molecule has 0 aliphatic carbocycles. The van der Waals surface area contributed by atoms with Crippen LogP contribution in [0.15, 0.2) is 41.2 Å². The van der Waals surface area contributed by atoms with E-state index < -0.39 is 11.7 Å². The second kappa shape index (κ2) is 4.79. The summed E-state index contributed by atoms with van der Waals surface area (Å²) in [5.74, 6) is -1.11. The average Bonchev–Trinajstić information content (AvgIpc) is 2.35. The van der Waals surface area contributed by atoms with Crippen LogP contribution in [0.4, 0.5) is 10.1 Å². The highest BCUT2D eigenvalue weighted by Crippen LogP contribution is 2.12. The number of anilines is 1. The third-order valence-corrected chi connectivity index (χ3v) is 2.32. The fraction of sp³-hybridized carbons (Fsp3) is 0.0833. The Morgan fingerprint density at radius 2 is 2.00 bits per heavy atom. The molecule has 1 amide bonds. The SMILES string of the molecule is Cn1nc(C(=O)Nc2ccccc2F)ccc1=O. The number of nitrogens with zero attached hydrogens (tertiary/aromatic N) is 2. The molecule has 1 aromatic heterocycles. The van der Waals surface area contributed by atoms with Gasteiger partial charge in [0.05, 0.1) is 5.69 Å². The Kier molecular flexibility index (Phi) is 3.18. The Morgan fingerprint density at radius 3 is 2.67 bits per heavy atom. The van der Waals surface area contributed by atoms with Crippen LogP contribution in [0.25, 0.3) is 0 Å². The zero-order valence-electron chi connectivity index (χ0n) is 9.55. The summed E-state index contributed by atoms with van der Waals surface area (Å²) in [5, 5.41) is 6.15. The molecule has 0 spiro atoms. The fourth-order valence-corrected chi connectivity index (χ4v) is 1.37. The van der Waals surface area contributed by atoms with Gasteiger partial charge in [-0.25, -0.2) is 9.07 Å². The van der Waals surface area contributed by atoms with Crippen molar-refractivity contribution in [2.24, 2.45) is 7.05 Å². The van der Waals surface area contributed by atoms with Crippen LogP contribution in [0.2, 0.25) is 0 Å². The lowest BCUT2D eigenvalue weighted by molar-refractivity contribution is 0.101. The molecular formula is C12H10FN3O2. The van der Waals surface area contributed by atoms with Crippen LogP contribution in [0, 0.1) is 5.82 Å². The lowest BCUT2D eigenvalue weighted by atomic mass is 10.3. The molecule has 0 fully saturated rings. The maximum Gasteiger partial charge on any atom is 0.276 e. The summed E-state index contributed by atoms with van der Waals surface area (Å²) in [7, 11) is 1.43. The number of hydrogen-bond acceptors (Lipinski definition) is 3. The van der Waals surface area contributed by atoms with Crippen molar-refractivity contribution in [2.75, 3.05) is 5.32 Å². The molecule has 5 nitrogen and oxygen atoms in total. The van der Waals surface area contributed by atoms with Crippen molar-refractivity contribution in [3.8, 4) is 0 Å². The van der Waals surface area contributed by atoms with Crippen molar-refractivity contribution in [3.05, 3.63) is 58.3 Å². The largest absolute Gasteiger partial charge is 0.318 e. The average molecular weight is 247 g/mol. The van der Waals surface area contributed by atoms with E-state index in [1.807, 2.05) is 0 Å². The number of carbonyl (C=O) groups excluding carboxylic acids is 1. The number of para-hydroxylation sites is 1. The highest BCUT2D eigenvalue weighted by molar-refractivity contribution is 6.02. The zero-order chi connectivity index (χ0) is 13.1. The molecule has 18 heavy (non-hydrogen) atoms. The first kappa shape index (κ1) is 12.0. The van der Waals surface area contributed by atoms with Gasteiger partial charge in [-0.2, -0.15) is 5.10 Å². The molecule has 0 saturated heterocycles. The number of amides is 1. The van der Waals surface area contributed by atoms with E-state index >= 15 is 0 Å². The minimum absolute atomic E-state index is 0.0420. The molecule has 0 aliphatic rings. The van der Waals surface area contributed by atoms with E-state index in [0.29, 0.717) is 0 Å². The van der Waals surface area contributed by atoms with E-state index in [0.717, 1.165) is 4.68 Å². The van der Waals surface area contributed by atoms with Gasteiger partial charge in [0.15, 0.2) is 0 Å². The van der Waals surface area contributed by atoms with E-state index in [2.05, 4.69) is 10.4 Å². The number of benzene rings is 1. The second-order valence-electron chi connectivity index (χ2n) is 3.61. The lowest BCUT2D eigenvalue weighted by Gasteiger charge is -2.06. The third-order valence-electron chi connectivity index (χ3n) is 2.32. The van der Waals surface area contributed by atoms with Gasteiger partial charge in [0, 0.05) is 13.1 Å². The van der Waals surface area contributed by atoms with Gasteiger partial charge in [-0.1, -0.05) is 12.1 Å². The molecule has 0 radical (unpaired) electrons. The maximum atomic E-state index is 13.3. The maximum absolute atomic E-state index is 13.3. The standard InChI is InChI=1S/C12H10FN3O2/c1-16-11(17)7-6-10(15-16)12(18)14-9-5-3-2-4-8(9)13/h2-7H,1H3,(H,14,18). The van der Waals surface area contributed by atoms with Gasteiger partial charge >= 0.3 is 0 Å². The summed E-state index contributed by atoms with van der Waals surface area (Å²) in [4.78, 5) is 22.9. The minimum Gasteiger partial charge on any atom is -0.318 e. The monoisotopic (exact) mass is 247 g/mol. The van der Waals surface area contributed by atoms with Crippen LogP contribution >= 0.6 is 0 Å². The molecule has 0 bridgehead atoms. The minimum atomic E-state index is -0.573. The van der Waals surface area contributed by atoms with Crippen molar-refractivity contribution < 1.29 is 9.18 Å². The number of aryl methyl sites for hydroxylation is 1. The summed E-state index contributed by atoms with van der Waals surface area (Å²) in [6.45, 7) is 0. The molecule has 0 atom stereocenters. The van der Waals surface area contributed by atoms with Gasteiger partial charge in [0.2, 0.25) is 0 Å². The third kappa shape index (κ3) is 2.42. The molecule has 92 valence electrons. The van der Waals surface area contributed by atoms with Gasteiger partial charge in [-0.05, 0) is 18.2 Å². The number of halogens is 1. The van der Waals surface area contributed by atoms with Crippen LogP contribution in [0.5, 0.6) is 0 Å². The van der Waals surface area contributed by atoms with Gasteiger partial charge in [0.25, 0.3) is 11.5 Å². The summed E-state index contributed by atoms with van der Waals surface area (Å²) in [6.07, 6.45) is 0. The van der Waals surface area contributed by atoms with Crippen molar-refractivity contribution in [1.82, 2.24) is 9.78 Å². The molecule has 0 aliphatic heterocycles. The Balaban J connectivity index is 2.25. The Morgan fingerprint density at radius 1 is 1.28 bits per heavy atom. The Labute approximate surface area is 102 Å². The van der Waals surface area contributed by atoms with Gasteiger partial charge in [-0.15, -0.1) is 0 Å². The first-order chi connectivity index (χ1) is 8.58. The lowest BCUT2D eigenvalue weighted by Crippen LogP contribution is -2.23. The van der Waals surface area contributed by atoms with Gasteiger partial charge < -0.3 is 5.32 Å². The van der Waals surface area contributed by atoms with E-state index in [4.69, 9.17) is 0 Å². The quantitative estimate of drug-likeness (QED) is 0.866. The van der Waals surface area contributed by atoms with Crippen LogP contribution in [0.1, 0.15) is 10.5 Å². The van der Waals surface area contributed by atoms with Crippen molar-refractivity contribution in [3.63, 3.8) is 0 Å². The van der Waals surface area contributed by atoms with E-state index in [1.54, 1.807) is 6.07 Å². The molecular weight excluding hydrogens is 237 g/mol. The Bertz CT molecular complexity index is 652. The summed E-state index contributed by atoms with van der Waals surface area (Å²) >= 11 is 0. The fourth-order valence-electron chi connectivity index (χ4n) is 1.37. The highest BCUT2D eigenvalue weighted by Gasteiger charge is 2.10. The summed E-state index contributed by atoms with van der Waals surface area (Å²) < 4.78 is 14.4. The topological polar surface area (TPSA) is 64.0 Å². The smallest absolute Gasteiger partial charge is 0.276 e. The van der Waals surface area contributed by atoms with E-state index in [-0.39, 0.29) is 16.9 Å². The van der Waals surface area contributed by atoms with Gasteiger partial charge in [0.1, 0.15) is 11.5 Å². The molecule has 0 unspecified atom stereocenters. The van der Waals surface area contributed by atoms with Crippen molar-refractivity contribution in [2.45, 2.75) is 0 Å². The number of hydrogen-bond donors (Lipinski definition) is 1.